The highest BCUT2D eigenvalue weighted by Crippen LogP contribution is 2.35. The van der Waals surface area contributed by atoms with Crippen molar-refractivity contribution in [2.24, 2.45) is 0 Å². The molecule has 296 valence electrons. The van der Waals surface area contributed by atoms with Crippen LogP contribution in [0.1, 0.15) is 83.2 Å². The summed E-state index contributed by atoms with van der Waals surface area (Å²) in [7, 11) is 0. The van der Waals surface area contributed by atoms with Gasteiger partial charge < -0.3 is 25.2 Å². The summed E-state index contributed by atoms with van der Waals surface area (Å²) in [5.41, 5.74) is -0.930. The number of aliphatic hydroxyl groups excluding tert-OH is 1. The Kier molecular flexibility index (Phi) is 11.3. The SMILES string of the molecule is C#Cc1ccc(F)c([C@@H]2Nc3[nH]c(=O)n(C4CCOCC4)c(=O)c3C[C@@H]2F)c1.O=c1[nH]c2c(c(=O)n1C1CCOCC1)C[C@@H](F)[C@H](c1cc(CO)ccc1F)N2. The maximum atomic E-state index is 14.9. The lowest BCUT2D eigenvalue weighted by atomic mass is 9.92. The minimum atomic E-state index is -1.57. The van der Waals surface area contributed by atoms with Crippen molar-refractivity contribution in [1.82, 2.24) is 19.1 Å². The van der Waals surface area contributed by atoms with Crippen molar-refractivity contribution in [3.63, 3.8) is 0 Å². The number of hydrogen-bond donors (Lipinski definition) is 5. The van der Waals surface area contributed by atoms with Crippen molar-refractivity contribution in [2.75, 3.05) is 37.1 Å². The first-order valence-electron chi connectivity index (χ1n) is 18.4. The molecule has 8 rings (SSSR count). The van der Waals surface area contributed by atoms with Gasteiger partial charge in [-0.3, -0.25) is 28.7 Å². The summed E-state index contributed by atoms with van der Waals surface area (Å²) in [5, 5.41) is 14.8. The molecule has 0 spiro atoms. The van der Waals surface area contributed by atoms with E-state index in [4.69, 9.17) is 15.9 Å². The molecule has 0 amide bonds. The molecule has 0 saturated carbocycles. The van der Waals surface area contributed by atoms with Gasteiger partial charge >= 0.3 is 11.4 Å². The van der Waals surface area contributed by atoms with Crippen molar-refractivity contribution in [1.29, 1.82) is 0 Å². The predicted octanol–water partition coefficient (Wildman–Crippen LogP) is 3.62. The van der Waals surface area contributed by atoms with Crippen LogP contribution in [-0.4, -0.2) is 63.0 Å². The van der Waals surface area contributed by atoms with Crippen molar-refractivity contribution in [3.05, 3.63) is 123 Å². The molecular formula is C39H40F4N6O7. The van der Waals surface area contributed by atoms with Gasteiger partial charge in [0.15, 0.2) is 0 Å². The molecule has 2 aromatic heterocycles. The Bertz CT molecular complexity index is 2390. The average Bonchev–Trinajstić information content (AvgIpc) is 3.20. The Labute approximate surface area is 316 Å². The summed E-state index contributed by atoms with van der Waals surface area (Å²) < 4.78 is 71.3. The molecule has 2 fully saturated rings. The molecule has 6 heterocycles. The molecule has 0 bridgehead atoms. The van der Waals surface area contributed by atoms with Gasteiger partial charge in [-0.1, -0.05) is 12.0 Å². The van der Waals surface area contributed by atoms with Gasteiger partial charge in [-0.25, -0.2) is 27.2 Å². The number of fused-ring (bicyclic) bond motifs is 2. The summed E-state index contributed by atoms with van der Waals surface area (Å²) in [4.78, 5) is 56.1. The third-order valence-corrected chi connectivity index (χ3v) is 10.8. The second-order valence-electron chi connectivity index (χ2n) is 14.2. The monoisotopic (exact) mass is 780 g/mol. The maximum Gasteiger partial charge on any atom is 0.330 e. The number of H-pyrrole nitrogens is 2. The van der Waals surface area contributed by atoms with Crippen LogP contribution in [0.4, 0.5) is 29.2 Å². The quantitative estimate of drug-likeness (QED) is 0.150. The first-order valence-corrected chi connectivity index (χ1v) is 18.4. The average molecular weight is 781 g/mol. The third-order valence-electron chi connectivity index (χ3n) is 10.8. The van der Waals surface area contributed by atoms with Crippen molar-refractivity contribution >= 4 is 11.6 Å². The van der Waals surface area contributed by atoms with Crippen LogP contribution in [0.15, 0.2) is 55.6 Å². The number of terminal acetylenes is 1. The number of aliphatic hydroxyl groups is 1. The number of anilines is 2. The molecule has 0 radical (unpaired) electrons. The van der Waals surface area contributed by atoms with E-state index in [1.165, 1.54) is 30.3 Å². The number of nitrogens with zero attached hydrogens (tertiary/aromatic N) is 2. The van der Waals surface area contributed by atoms with Crippen LogP contribution < -0.4 is 33.1 Å². The fraction of sp³-hybridized carbons (Fsp3) is 0.436. The van der Waals surface area contributed by atoms with Crippen LogP contribution in [-0.2, 0) is 28.9 Å². The lowest BCUT2D eigenvalue weighted by Gasteiger charge is -2.31. The van der Waals surface area contributed by atoms with E-state index in [2.05, 4.69) is 26.5 Å². The number of alkyl halides is 2. The van der Waals surface area contributed by atoms with Crippen LogP contribution >= 0.6 is 0 Å². The molecule has 4 aliphatic heterocycles. The van der Waals surface area contributed by atoms with Gasteiger partial charge in [0.05, 0.1) is 29.8 Å². The Morgan fingerprint density at radius 1 is 0.714 bits per heavy atom. The molecule has 17 heteroatoms. The lowest BCUT2D eigenvalue weighted by molar-refractivity contribution is 0.0671. The Morgan fingerprint density at radius 2 is 1.16 bits per heavy atom. The van der Waals surface area contributed by atoms with Crippen LogP contribution in [0.25, 0.3) is 0 Å². The number of ether oxygens (including phenoxy) is 2. The summed E-state index contributed by atoms with van der Waals surface area (Å²) in [6.45, 7) is 1.54. The number of halogens is 4. The van der Waals surface area contributed by atoms with Gasteiger partial charge in [0.25, 0.3) is 11.1 Å². The van der Waals surface area contributed by atoms with Gasteiger partial charge in [-0.15, -0.1) is 6.42 Å². The predicted molar refractivity (Wildman–Crippen MR) is 197 cm³/mol. The number of rotatable bonds is 5. The smallest absolute Gasteiger partial charge is 0.330 e. The molecular weight excluding hydrogens is 740 g/mol. The van der Waals surface area contributed by atoms with E-state index in [-0.39, 0.29) is 65.4 Å². The largest absolute Gasteiger partial charge is 0.392 e. The molecule has 13 nitrogen and oxygen atoms in total. The van der Waals surface area contributed by atoms with Crippen molar-refractivity contribution < 1.29 is 32.1 Å². The lowest BCUT2D eigenvalue weighted by Crippen LogP contribution is -2.45. The van der Waals surface area contributed by atoms with Gasteiger partial charge in [0.2, 0.25) is 0 Å². The summed E-state index contributed by atoms with van der Waals surface area (Å²) in [6, 6.07) is 5.26. The number of nitrogens with one attached hydrogen (secondary N) is 4. The van der Waals surface area contributed by atoms with E-state index in [0.717, 1.165) is 15.2 Å². The van der Waals surface area contributed by atoms with Crippen molar-refractivity contribution in [2.45, 2.75) is 81.6 Å². The van der Waals surface area contributed by atoms with Gasteiger partial charge in [0, 0.05) is 68.0 Å². The fourth-order valence-electron chi connectivity index (χ4n) is 7.81. The number of aromatic amines is 2. The molecule has 2 saturated heterocycles. The third kappa shape index (κ3) is 7.56. The van der Waals surface area contributed by atoms with Crippen LogP contribution in [0.5, 0.6) is 0 Å². The molecule has 56 heavy (non-hydrogen) atoms. The zero-order chi connectivity index (χ0) is 39.7. The zero-order valence-electron chi connectivity index (χ0n) is 30.1. The minimum Gasteiger partial charge on any atom is -0.392 e. The first kappa shape index (κ1) is 38.8. The highest BCUT2D eigenvalue weighted by atomic mass is 19.1. The molecule has 0 unspecified atom stereocenters. The van der Waals surface area contributed by atoms with E-state index in [0.29, 0.717) is 63.2 Å². The fourth-order valence-corrected chi connectivity index (χ4v) is 7.81. The van der Waals surface area contributed by atoms with Crippen molar-refractivity contribution in [3.8, 4) is 12.3 Å². The highest BCUT2D eigenvalue weighted by molar-refractivity contribution is 5.51. The van der Waals surface area contributed by atoms with E-state index in [9.17, 15) is 41.8 Å². The second kappa shape index (κ2) is 16.3. The van der Waals surface area contributed by atoms with E-state index >= 15 is 0 Å². The first-order chi connectivity index (χ1) is 27.0. The van der Waals surface area contributed by atoms with Gasteiger partial charge in [-0.05, 0) is 61.6 Å². The number of aromatic nitrogens is 4. The molecule has 2 aromatic carbocycles. The van der Waals surface area contributed by atoms with Crippen LogP contribution in [0.2, 0.25) is 0 Å². The van der Waals surface area contributed by atoms with Gasteiger partial charge in [0.1, 0.15) is 35.6 Å². The van der Waals surface area contributed by atoms with Crippen LogP contribution in [0.3, 0.4) is 0 Å². The second-order valence-corrected chi connectivity index (χ2v) is 14.2. The highest BCUT2D eigenvalue weighted by Gasteiger charge is 2.36. The minimum absolute atomic E-state index is 0.0409. The number of hydrogen-bond acceptors (Lipinski definition) is 9. The topological polar surface area (TPSA) is 172 Å². The summed E-state index contributed by atoms with van der Waals surface area (Å²) in [5.74, 6) is 1.40. The standard InChI is InChI=1S/C20H19F2N3O3.C19H21F2N3O4/c1-2-11-3-4-15(21)13(9-11)17-16(22)10-14-18(23-17)24-20(27)25(19(14)26)12-5-7-28-8-6-12;20-14-2-1-10(9-25)7-12(14)16-15(21)8-13-17(22-16)23-19(27)24(18(13)26)11-3-5-28-6-4-11/h1,3-4,9,12,16-17,23H,5-8,10H2,(H,24,27);1-2,7,11,15-16,22,25H,3-6,8-9H2,(H,23,27)/t16-,17-;15-,16+/m01/s1. The summed E-state index contributed by atoms with van der Waals surface area (Å²) >= 11 is 0. The normalized spacial score (nSPS) is 22.4. The number of benzene rings is 2. The van der Waals surface area contributed by atoms with E-state index < -0.39 is 58.6 Å². The Morgan fingerprint density at radius 3 is 1.61 bits per heavy atom. The van der Waals surface area contributed by atoms with Crippen LogP contribution in [0, 0.1) is 24.0 Å². The Hall–Kier alpha value is -5.44. The molecule has 4 atom stereocenters. The zero-order valence-corrected chi connectivity index (χ0v) is 30.1. The molecule has 4 aromatic rings. The molecule has 5 N–H and O–H groups in total. The maximum absolute atomic E-state index is 14.9. The molecule has 4 aliphatic rings. The Balaban J connectivity index is 0.000000172. The van der Waals surface area contributed by atoms with E-state index in [1.807, 2.05) is 0 Å². The van der Waals surface area contributed by atoms with Gasteiger partial charge in [-0.2, -0.15) is 0 Å². The molecule has 0 aliphatic carbocycles. The summed E-state index contributed by atoms with van der Waals surface area (Å²) in [6.07, 6.45) is 3.91. The van der Waals surface area contributed by atoms with E-state index in [1.54, 1.807) is 0 Å².